The SMILES string of the molecule is O=C1CC(Nc2cccc(F)c2[N+](=O)[O-])CN1. The Kier molecular flexibility index (Phi) is 2.90. The Labute approximate surface area is 96.0 Å². The van der Waals surface area contributed by atoms with Crippen LogP contribution in [-0.2, 0) is 4.79 Å². The van der Waals surface area contributed by atoms with Gasteiger partial charge < -0.3 is 10.6 Å². The van der Waals surface area contributed by atoms with Crippen LogP contribution in [0.5, 0.6) is 0 Å². The van der Waals surface area contributed by atoms with Gasteiger partial charge in [0.15, 0.2) is 0 Å². The average Bonchev–Trinajstić information content (AvgIpc) is 2.63. The summed E-state index contributed by atoms with van der Waals surface area (Å²) in [6.45, 7) is 0.381. The molecule has 6 nitrogen and oxygen atoms in total. The number of nitrogens with one attached hydrogen (secondary N) is 2. The summed E-state index contributed by atoms with van der Waals surface area (Å²) < 4.78 is 13.3. The van der Waals surface area contributed by atoms with Gasteiger partial charge in [-0.1, -0.05) is 6.07 Å². The standard InChI is InChI=1S/C10H10FN3O3/c11-7-2-1-3-8(10(7)14(16)17)13-6-4-9(15)12-5-6/h1-3,6,13H,4-5H2,(H,12,15). The van der Waals surface area contributed by atoms with Crippen LogP contribution in [0.1, 0.15) is 6.42 Å². The predicted octanol–water partition coefficient (Wildman–Crippen LogP) is 1.03. The third-order valence-electron chi connectivity index (χ3n) is 2.51. The first-order valence-electron chi connectivity index (χ1n) is 5.04. The molecule has 0 bridgehead atoms. The molecule has 1 amide bonds. The molecule has 1 atom stereocenters. The Balaban J connectivity index is 2.23. The van der Waals surface area contributed by atoms with Crippen LogP contribution in [-0.4, -0.2) is 23.4 Å². The molecule has 2 rings (SSSR count). The second-order valence-electron chi connectivity index (χ2n) is 3.74. The lowest BCUT2D eigenvalue weighted by Gasteiger charge is -2.12. The third-order valence-corrected chi connectivity index (χ3v) is 2.51. The molecule has 7 heteroatoms. The maximum Gasteiger partial charge on any atom is 0.327 e. The van der Waals surface area contributed by atoms with E-state index in [2.05, 4.69) is 10.6 Å². The van der Waals surface area contributed by atoms with Crippen molar-refractivity contribution < 1.29 is 14.1 Å². The number of anilines is 1. The van der Waals surface area contributed by atoms with Crippen molar-refractivity contribution in [1.82, 2.24) is 5.32 Å². The summed E-state index contributed by atoms with van der Waals surface area (Å²) in [7, 11) is 0. The average molecular weight is 239 g/mol. The number of carbonyl (C=O) groups is 1. The minimum Gasteiger partial charge on any atom is -0.374 e. The number of nitro groups is 1. The van der Waals surface area contributed by atoms with E-state index in [0.29, 0.717) is 6.54 Å². The van der Waals surface area contributed by atoms with Gasteiger partial charge in [0.05, 0.1) is 11.0 Å². The van der Waals surface area contributed by atoms with Crippen molar-refractivity contribution in [3.63, 3.8) is 0 Å². The molecule has 1 aliphatic rings. The number of halogens is 1. The zero-order valence-electron chi connectivity index (χ0n) is 8.77. The highest BCUT2D eigenvalue weighted by Gasteiger charge is 2.26. The Morgan fingerprint density at radius 2 is 2.29 bits per heavy atom. The minimum atomic E-state index is -0.891. The van der Waals surface area contributed by atoms with Gasteiger partial charge in [0.1, 0.15) is 5.69 Å². The smallest absolute Gasteiger partial charge is 0.327 e. The second kappa shape index (κ2) is 4.36. The first-order valence-corrected chi connectivity index (χ1v) is 5.04. The number of nitro benzene ring substituents is 1. The number of carbonyl (C=O) groups excluding carboxylic acids is 1. The van der Waals surface area contributed by atoms with E-state index in [1.165, 1.54) is 12.1 Å². The molecular weight excluding hydrogens is 229 g/mol. The van der Waals surface area contributed by atoms with Gasteiger partial charge in [-0.2, -0.15) is 4.39 Å². The summed E-state index contributed by atoms with van der Waals surface area (Å²) in [6, 6.07) is 3.59. The summed E-state index contributed by atoms with van der Waals surface area (Å²) in [5, 5.41) is 16.1. The van der Waals surface area contributed by atoms with Crippen LogP contribution in [0.3, 0.4) is 0 Å². The van der Waals surface area contributed by atoms with Gasteiger partial charge in [0, 0.05) is 13.0 Å². The highest BCUT2D eigenvalue weighted by molar-refractivity contribution is 5.80. The van der Waals surface area contributed by atoms with Gasteiger partial charge >= 0.3 is 5.69 Å². The van der Waals surface area contributed by atoms with Crippen molar-refractivity contribution in [1.29, 1.82) is 0 Å². The molecule has 1 unspecified atom stereocenters. The van der Waals surface area contributed by atoms with Gasteiger partial charge in [-0.15, -0.1) is 0 Å². The molecular formula is C10H10FN3O3. The lowest BCUT2D eigenvalue weighted by Crippen LogP contribution is -2.22. The Bertz CT molecular complexity index is 478. The molecule has 1 fully saturated rings. The van der Waals surface area contributed by atoms with Crippen molar-refractivity contribution in [3.05, 3.63) is 34.1 Å². The van der Waals surface area contributed by atoms with Crippen LogP contribution in [0.4, 0.5) is 15.8 Å². The van der Waals surface area contributed by atoms with Crippen LogP contribution >= 0.6 is 0 Å². The number of hydrogen-bond acceptors (Lipinski definition) is 4. The Hall–Kier alpha value is -2.18. The van der Waals surface area contributed by atoms with Crippen molar-refractivity contribution in [2.45, 2.75) is 12.5 Å². The summed E-state index contributed by atoms with van der Waals surface area (Å²) >= 11 is 0. The van der Waals surface area contributed by atoms with Crippen molar-refractivity contribution in [3.8, 4) is 0 Å². The molecule has 0 aromatic heterocycles. The first-order chi connectivity index (χ1) is 8.08. The zero-order valence-corrected chi connectivity index (χ0v) is 8.77. The molecule has 0 aliphatic carbocycles. The van der Waals surface area contributed by atoms with E-state index in [1.54, 1.807) is 0 Å². The lowest BCUT2D eigenvalue weighted by atomic mass is 10.2. The van der Waals surface area contributed by atoms with Crippen molar-refractivity contribution >= 4 is 17.3 Å². The molecule has 1 saturated heterocycles. The highest BCUT2D eigenvalue weighted by atomic mass is 19.1. The summed E-state index contributed by atoms with van der Waals surface area (Å²) in [5.41, 5.74) is -0.497. The number of hydrogen-bond donors (Lipinski definition) is 2. The molecule has 1 aromatic carbocycles. The molecule has 17 heavy (non-hydrogen) atoms. The van der Waals surface area contributed by atoms with Crippen LogP contribution in [0, 0.1) is 15.9 Å². The topological polar surface area (TPSA) is 84.3 Å². The fraction of sp³-hybridized carbons (Fsp3) is 0.300. The molecule has 2 N–H and O–H groups in total. The summed E-state index contributed by atoms with van der Waals surface area (Å²) in [6.07, 6.45) is 0.230. The summed E-state index contributed by atoms with van der Waals surface area (Å²) in [5.74, 6) is -1.01. The van der Waals surface area contributed by atoms with E-state index in [4.69, 9.17) is 0 Å². The predicted molar refractivity (Wildman–Crippen MR) is 58.1 cm³/mol. The van der Waals surface area contributed by atoms with Crippen LogP contribution in [0.25, 0.3) is 0 Å². The largest absolute Gasteiger partial charge is 0.374 e. The van der Waals surface area contributed by atoms with Gasteiger partial charge in [-0.25, -0.2) is 0 Å². The molecule has 1 heterocycles. The maximum absolute atomic E-state index is 13.3. The number of amides is 1. The molecule has 0 saturated carbocycles. The van der Waals surface area contributed by atoms with Gasteiger partial charge in [0.2, 0.25) is 11.7 Å². The van der Waals surface area contributed by atoms with Crippen molar-refractivity contribution in [2.75, 3.05) is 11.9 Å². The van der Waals surface area contributed by atoms with E-state index >= 15 is 0 Å². The fourth-order valence-corrected chi connectivity index (χ4v) is 1.74. The number of nitrogens with zero attached hydrogens (tertiary/aromatic N) is 1. The summed E-state index contributed by atoms with van der Waals surface area (Å²) in [4.78, 5) is 20.9. The number of rotatable bonds is 3. The number of benzene rings is 1. The lowest BCUT2D eigenvalue weighted by molar-refractivity contribution is -0.386. The molecule has 0 spiro atoms. The first kappa shape index (κ1) is 11.3. The monoisotopic (exact) mass is 239 g/mol. The van der Waals surface area contributed by atoms with Gasteiger partial charge in [-0.3, -0.25) is 14.9 Å². The minimum absolute atomic E-state index is 0.0940. The van der Waals surface area contributed by atoms with Gasteiger partial charge in [-0.05, 0) is 12.1 Å². The quantitative estimate of drug-likeness (QED) is 0.609. The molecule has 1 aliphatic heterocycles. The Morgan fingerprint density at radius 3 is 2.88 bits per heavy atom. The normalized spacial score (nSPS) is 18.9. The molecule has 90 valence electrons. The van der Waals surface area contributed by atoms with Crippen molar-refractivity contribution in [2.24, 2.45) is 0 Å². The van der Waals surface area contributed by atoms with Crippen LogP contribution in [0.15, 0.2) is 18.2 Å². The third kappa shape index (κ3) is 2.32. The second-order valence-corrected chi connectivity index (χ2v) is 3.74. The van der Waals surface area contributed by atoms with E-state index in [0.717, 1.165) is 6.07 Å². The van der Waals surface area contributed by atoms with Crippen LogP contribution < -0.4 is 10.6 Å². The van der Waals surface area contributed by atoms with E-state index < -0.39 is 16.4 Å². The molecule has 0 radical (unpaired) electrons. The maximum atomic E-state index is 13.3. The molecule has 1 aromatic rings. The van der Waals surface area contributed by atoms with E-state index in [9.17, 15) is 19.3 Å². The van der Waals surface area contributed by atoms with E-state index in [1.807, 2.05) is 0 Å². The van der Waals surface area contributed by atoms with E-state index in [-0.39, 0.29) is 24.1 Å². The van der Waals surface area contributed by atoms with Gasteiger partial charge in [0.25, 0.3) is 0 Å². The van der Waals surface area contributed by atoms with Crippen LogP contribution in [0.2, 0.25) is 0 Å². The number of para-hydroxylation sites is 1. The highest BCUT2D eigenvalue weighted by Crippen LogP contribution is 2.28. The zero-order chi connectivity index (χ0) is 12.4. The fourth-order valence-electron chi connectivity index (χ4n) is 1.74. The Morgan fingerprint density at radius 1 is 1.53 bits per heavy atom.